The molecule has 2 rings (SSSR count). The van der Waals surface area contributed by atoms with Crippen LogP contribution < -0.4 is 10.6 Å². The predicted molar refractivity (Wildman–Crippen MR) is 114 cm³/mol. The Bertz CT molecular complexity index is 408. The van der Waals surface area contributed by atoms with Crippen LogP contribution in [0.15, 0.2) is 4.99 Å². The highest BCUT2D eigenvalue weighted by atomic mass is 127. The van der Waals surface area contributed by atoms with Crippen LogP contribution in [0.3, 0.4) is 0 Å². The number of methoxy groups -OCH3 is 1. The van der Waals surface area contributed by atoms with Crippen molar-refractivity contribution in [3.8, 4) is 0 Å². The molecule has 1 saturated heterocycles. The second-order valence-electron chi connectivity index (χ2n) is 7.79. The smallest absolute Gasteiger partial charge is 0.191 e. The van der Waals surface area contributed by atoms with Gasteiger partial charge in [0.25, 0.3) is 0 Å². The second-order valence-corrected chi connectivity index (χ2v) is 7.79. The molecule has 0 unspecified atom stereocenters. The molecule has 1 heterocycles. The van der Waals surface area contributed by atoms with Crippen molar-refractivity contribution in [3.05, 3.63) is 0 Å². The lowest BCUT2D eigenvalue weighted by atomic mass is 9.67. The van der Waals surface area contributed by atoms with Crippen molar-refractivity contribution in [3.63, 3.8) is 0 Å². The van der Waals surface area contributed by atoms with Gasteiger partial charge in [-0.25, -0.2) is 0 Å². The summed E-state index contributed by atoms with van der Waals surface area (Å²) in [4.78, 5) is 6.89. The summed E-state index contributed by atoms with van der Waals surface area (Å²) in [6, 6.07) is 0. The molecule has 1 aliphatic carbocycles. The minimum absolute atomic E-state index is 0. The van der Waals surface area contributed by atoms with E-state index in [1.54, 1.807) is 7.11 Å². The third-order valence-electron chi connectivity index (χ3n) is 5.66. The number of ether oxygens (including phenoxy) is 2. The summed E-state index contributed by atoms with van der Waals surface area (Å²) < 4.78 is 10.7. The molecule has 2 aliphatic rings. The van der Waals surface area contributed by atoms with Gasteiger partial charge >= 0.3 is 0 Å². The Morgan fingerprint density at radius 2 is 1.92 bits per heavy atom. The lowest BCUT2D eigenvalue weighted by molar-refractivity contribution is -0.00837. The highest BCUT2D eigenvalue weighted by molar-refractivity contribution is 14.0. The summed E-state index contributed by atoms with van der Waals surface area (Å²) >= 11 is 0. The predicted octanol–water partition coefficient (Wildman–Crippen LogP) is 2.09. The average Bonchev–Trinajstić information content (AvgIpc) is 2.57. The molecule has 0 aromatic heterocycles. The zero-order chi connectivity index (χ0) is 17.5. The van der Waals surface area contributed by atoms with E-state index < -0.39 is 0 Å². The van der Waals surface area contributed by atoms with Crippen molar-refractivity contribution in [1.82, 2.24) is 15.5 Å². The van der Waals surface area contributed by atoms with Gasteiger partial charge in [-0.15, -0.1) is 24.0 Å². The van der Waals surface area contributed by atoms with E-state index in [-0.39, 0.29) is 29.5 Å². The fourth-order valence-electron chi connectivity index (χ4n) is 3.58. The van der Waals surface area contributed by atoms with Crippen LogP contribution >= 0.6 is 24.0 Å². The number of nitrogens with one attached hydrogen (secondary N) is 2. The van der Waals surface area contributed by atoms with E-state index in [0.29, 0.717) is 5.41 Å². The molecule has 0 atom stereocenters. The normalized spacial score (nSPS) is 21.2. The van der Waals surface area contributed by atoms with Crippen molar-refractivity contribution >= 4 is 29.9 Å². The topological polar surface area (TPSA) is 58.1 Å². The maximum atomic E-state index is 5.46. The number of morpholine rings is 1. The molecule has 0 amide bonds. The van der Waals surface area contributed by atoms with Gasteiger partial charge in [-0.3, -0.25) is 9.89 Å². The maximum absolute atomic E-state index is 5.46. The number of aliphatic imine (C=N–C) groups is 1. The molecule has 0 radical (unpaired) electrons. The summed E-state index contributed by atoms with van der Waals surface area (Å²) in [5.74, 6) is 0.903. The van der Waals surface area contributed by atoms with Crippen LogP contribution in [-0.2, 0) is 9.47 Å². The Kier molecular flexibility index (Phi) is 9.98. The molecule has 6 nitrogen and oxygen atoms in total. The minimum atomic E-state index is 0. The van der Waals surface area contributed by atoms with Crippen LogP contribution in [0.4, 0.5) is 0 Å². The number of halogens is 1. The zero-order valence-electron chi connectivity index (χ0n) is 16.4. The molecule has 2 N–H and O–H groups in total. The van der Waals surface area contributed by atoms with Crippen molar-refractivity contribution in [2.45, 2.75) is 45.1 Å². The fraction of sp³-hybridized carbons (Fsp3) is 0.944. The summed E-state index contributed by atoms with van der Waals surface area (Å²) in [6.07, 6.45) is 5.05. The molecule has 0 aromatic rings. The van der Waals surface area contributed by atoms with Crippen LogP contribution in [-0.4, -0.2) is 76.6 Å². The molecule has 2 fully saturated rings. The van der Waals surface area contributed by atoms with Gasteiger partial charge in [0.05, 0.1) is 13.2 Å². The number of hydrogen-bond acceptors (Lipinski definition) is 4. The number of rotatable bonds is 8. The van der Waals surface area contributed by atoms with E-state index in [1.807, 2.05) is 7.05 Å². The minimum Gasteiger partial charge on any atom is -0.385 e. The van der Waals surface area contributed by atoms with Crippen LogP contribution in [0.5, 0.6) is 0 Å². The molecule has 25 heavy (non-hydrogen) atoms. The summed E-state index contributed by atoms with van der Waals surface area (Å²) in [6.45, 7) is 10.9. The zero-order valence-corrected chi connectivity index (χ0v) is 18.7. The third-order valence-corrected chi connectivity index (χ3v) is 5.66. The monoisotopic (exact) mass is 468 g/mol. The van der Waals surface area contributed by atoms with Crippen molar-refractivity contribution in [1.29, 1.82) is 0 Å². The SMILES string of the molecule is CN=C(NCC1(CCOC)CCC1)NCC(C)(C)N1CCOCC1.I. The standard InChI is InChI=1S/C18H36N4O2.HI/c1-17(2,22-9-12-24-13-10-22)14-20-16(19-3)21-15-18(6-5-7-18)8-11-23-4;/h5-15H2,1-4H3,(H2,19,20,21);1H. The van der Waals surface area contributed by atoms with Gasteiger partial charge in [-0.05, 0) is 38.5 Å². The quantitative estimate of drug-likeness (QED) is 0.325. The molecule has 0 spiro atoms. The average molecular weight is 468 g/mol. The number of hydrogen-bond donors (Lipinski definition) is 2. The first-order valence-corrected chi connectivity index (χ1v) is 9.28. The lowest BCUT2D eigenvalue weighted by Crippen LogP contribution is -2.57. The van der Waals surface area contributed by atoms with Gasteiger partial charge in [0.1, 0.15) is 0 Å². The first-order valence-electron chi connectivity index (χ1n) is 9.28. The van der Waals surface area contributed by atoms with E-state index in [2.05, 4.69) is 34.4 Å². The molecule has 0 aromatic carbocycles. The van der Waals surface area contributed by atoms with Crippen LogP contribution in [0, 0.1) is 5.41 Å². The Morgan fingerprint density at radius 1 is 1.24 bits per heavy atom. The first-order chi connectivity index (χ1) is 11.5. The Hall–Kier alpha value is -0.120. The van der Waals surface area contributed by atoms with Crippen molar-refractivity contribution < 1.29 is 9.47 Å². The molecule has 1 saturated carbocycles. The second kappa shape index (κ2) is 10.9. The van der Waals surface area contributed by atoms with E-state index in [0.717, 1.165) is 58.4 Å². The molecule has 1 aliphatic heterocycles. The fourth-order valence-corrected chi connectivity index (χ4v) is 3.58. The highest BCUT2D eigenvalue weighted by Crippen LogP contribution is 2.43. The van der Waals surface area contributed by atoms with Crippen LogP contribution in [0.2, 0.25) is 0 Å². The maximum Gasteiger partial charge on any atom is 0.191 e. The largest absolute Gasteiger partial charge is 0.385 e. The Morgan fingerprint density at radius 3 is 2.44 bits per heavy atom. The van der Waals surface area contributed by atoms with Crippen molar-refractivity contribution in [2.75, 3.05) is 60.2 Å². The van der Waals surface area contributed by atoms with Gasteiger partial charge < -0.3 is 20.1 Å². The molecular formula is C18H37IN4O2. The van der Waals surface area contributed by atoms with Gasteiger partial charge in [-0.2, -0.15) is 0 Å². The van der Waals surface area contributed by atoms with Crippen LogP contribution in [0.1, 0.15) is 39.5 Å². The van der Waals surface area contributed by atoms with Gasteiger partial charge in [0.15, 0.2) is 5.96 Å². The van der Waals surface area contributed by atoms with Crippen LogP contribution in [0.25, 0.3) is 0 Å². The summed E-state index contributed by atoms with van der Waals surface area (Å²) in [5, 5.41) is 7.05. The molecule has 7 heteroatoms. The Balaban J connectivity index is 0.00000312. The van der Waals surface area contributed by atoms with E-state index in [1.165, 1.54) is 19.3 Å². The highest BCUT2D eigenvalue weighted by Gasteiger charge is 2.36. The third kappa shape index (κ3) is 6.84. The lowest BCUT2D eigenvalue weighted by Gasteiger charge is -2.43. The van der Waals surface area contributed by atoms with Gasteiger partial charge in [0, 0.05) is 52.5 Å². The summed E-state index contributed by atoms with van der Waals surface area (Å²) in [7, 11) is 3.63. The van der Waals surface area contributed by atoms with Gasteiger partial charge in [-0.1, -0.05) is 6.42 Å². The van der Waals surface area contributed by atoms with E-state index in [9.17, 15) is 0 Å². The summed E-state index contributed by atoms with van der Waals surface area (Å²) in [5.41, 5.74) is 0.485. The Labute approximate surface area is 170 Å². The molecule has 148 valence electrons. The molecular weight excluding hydrogens is 431 g/mol. The first kappa shape index (κ1) is 22.9. The number of guanidine groups is 1. The van der Waals surface area contributed by atoms with Crippen molar-refractivity contribution in [2.24, 2.45) is 10.4 Å². The van der Waals surface area contributed by atoms with Gasteiger partial charge in [0.2, 0.25) is 0 Å². The molecule has 0 bridgehead atoms. The van der Waals surface area contributed by atoms with E-state index in [4.69, 9.17) is 9.47 Å². The van der Waals surface area contributed by atoms with E-state index >= 15 is 0 Å². The number of nitrogens with zero attached hydrogens (tertiary/aromatic N) is 2.